The third-order valence-electron chi connectivity index (χ3n) is 3.77. The predicted molar refractivity (Wildman–Crippen MR) is 66.0 cm³/mol. The quantitative estimate of drug-likeness (QED) is 0.734. The Morgan fingerprint density at radius 3 is 2.76 bits per heavy atom. The van der Waals surface area contributed by atoms with Gasteiger partial charge in [0.25, 0.3) is 0 Å². The summed E-state index contributed by atoms with van der Waals surface area (Å²) in [5, 5.41) is 0. The van der Waals surface area contributed by atoms with E-state index in [2.05, 4.69) is 4.72 Å². The van der Waals surface area contributed by atoms with E-state index in [0.717, 1.165) is 25.7 Å². The van der Waals surface area contributed by atoms with Crippen LogP contribution in [0.4, 0.5) is 0 Å². The van der Waals surface area contributed by atoms with Gasteiger partial charge < -0.3 is 10.5 Å². The van der Waals surface area contributed by atoms with Crippen LogP contribution in [-0.4, -0.2) is 40.0 Å². The normalized spacial score (nSPS) is 34.3. The van der Waals surface area contributed by atoms with E-state index >= 15 is 0 Å². The zero-order valence-corrected chi connectivity index (χ0v) is 10.9. The second kappa shape index (κ2) is 5.65. The van der Waals surface area contributed by atoms with Gasteiger partial charge in [0.15, 0.2) is 0 Å². The van der Waals surface area contributed by atoms with Gasteiger partial charge in [0.1, 0.15) is 0 Å². The summed E-state index contributed by atoms with van der Waals surface area (Å²) in [6.07, 6.45) is 3.88. The summed E-state index contributed by atoms with van der Waals surface area (Å²) in [4.78, 5) is 0. The molecule has 2 fully saturated rings. The van der Waals surface area contributed by atoms with Gasteiger partial charge in [-0.05, 0) is 37.6 Å². The second-order valence-corrected chi connectivity index (χ2v) is 6.96. The summed E-state index contributed by atoms with van der Waals surface area (Å²) in [6.45, 7) is 1.83. The Labute approximate surface area is 103 Å². The van der Waals surface area contributed by atoms with Crippen molar-refractivity contribution >= 4 is 10.0 Å². The molecule has 3 N–H and O–H groups in total. The SMILES string of the molecule is NCC1CCCC1NS(=O)(=O)CC1CCOC1. The van der Waals surface area contributed by atoms with Crippen LogP contribution in [-0.2, 0) is 14.8 Å². The molecule has 0 radical (unpaired) electrons. The molecule has 2 aliphatic rings. The lowest BCUT2D eigenvalue weighted by Crippen LogP contribution is -2.42. The number of nitrogens with one attached hydrogen (secondary N) is 1. The smallest absolute Gasteiger partial charge is 0.212 e. The van der Waals surface area contributed by atoms with Crippen LogP contribution >= 0.6 is 0 Å². The van der Waals surface area contributed by atoms with E-state index in [1.54, 1.807) is 0 Å². The number of sulfonamides is 1. The van der Waals surface area contributed by atoms with Crippen molar-refractivity contribution in [1.82, 2.24) is 4.72 Å². The van der Waals surface area contributed by atoms with Crippen molar-refractivity contribution in [3.8, 4) is 0 Å². The monoisotopic (exact) mass is 262 g/mol. The van der Waals surface area contributed by atoms with E-state index in [9.17, 15) is 8.42 Å². The highest BCUT2D eigenvalue weighted by Gasteiger charge is 2.31. The maximum atomic E-state index is 12.0. The van der Waals surface area contributed by atoms with Crippen molar-refractivity contribution in [1.29, 1.82) is 0 Å². The molecule has 1 saturated carbocycles. The number of hydrogen-bond donors (Lipinski definition) is 2. The zero-order valence-electron chi connectivity index (χ0n) is 10.1. The first kappa shape index (κ1) is 13.3. The predicted octanol–water partition coefficient (Wildman–Crippen LogP) is 0.0697. The Bertz CT molecular complexity index is 339. The Balaban J connectivity index is 1.87. The number of hydrogen-bond acceptors (Lipinski definition) is 4. The van der Waals surface area contributed by atoms with E-state index in [-0.39, 0.29) is 17.7 Å². The lowest BCUT2D eigenvalue weighted by Gasteiger charge is -2.20. The van der Waals surface area contributed by atoms with Gasteiger partial charge >= 0.3 is 0 Å². The summed E-state index contributed by atoms with van der Waals surface area (Å²) >= 11 is 0. The van der Waals surface area contributed by atoms with Crippen LogP contribution in [0.1, 0.15) is 25.7 Å². The van der Waals surface area contributed by atoms with Gasteiger partial charge in [0, 0.05) is 12.6 Å². The van der Waals surface area contributed by atoms with Gasteiger partial charge in [0.2, 0.25) is 10.0 Å². The van der Waals surface area contributed by atoms with Crippen molar-refractivity contribution in [2.75, 3.05) is 25.5 Å². The molecule has 1 heterocycles. The second-order valence-electron chi connectivity index (χ2n) is 5.16. The minimum Gasteiger partial charge on any atom is -0.381 e. The molecule has 3 atom stereocenters. The van der Waals surface area contributed by atoms with Crippen LogP contribution < -0.4 is 10.5 Å². The Morgan fingerprint density at radius 1 is 1.29 bits per heavy atom. The van der Waals surface area contributed by atoms with E-state index < -0.39 is 10.0 Å². The minimum absolute atomic E-state index is 0.0484. The maximum Gasteiger partial charge on any atom is 0.212 e. The standard InChI is InChI=1S/C11H22N2O3S/c12-6-10-2-1-3-11(10)13-17(14,15)8-9-4-5-16-7-9/h9-11,13H,1-8,12H2. The van der Waals surface area contributed by atoms with Crippen LogP contribution in [0.5, 0.6) is 0 Å². The Morgan fingerprint density at radius 2 is 2.12 bits per heavy atom. The minimum atomic E-state index is -3.18. The lowest BCUT2D eigenvalue weighted by molar-refractivity contribution is 0.188. The van der Waals surface area contributed by atoms with Gasteiger partial charge in [-0.2, -0.15) is 0 Å². The number of ether oxygens (including phenoxy) is 1. The van der Waals surface area contributed by atoms with E-state index in [1.807, 2.05) is 0 Å². The van der Waals surface area contributed by atoms with Crippen LogP contribution in [0, 0.1) is 11.8 Å². The number of nitrogens with two attached hydrogens (primary N) is 1. The van der Waals surface area contributed by atoms with Crippen LogP contribution in [0.3, 0.4) is 0 Å². The third-order valence-corrected chi connectivity index (χ3v) is 5.34. The lowest BCUT2D eigenvalue weighted by atomic mass is 10.1. The van der Waals surface area contributed by atoms with Crippen molar-refractivity contribution in [3.63, 3.8) is 0 Å². The molecule has 0 aromatic heterocycles. The Hall–Kier alpha value is -0.170. The average molecular weight is 262 g/mol. The van der Waals surface area contributed by atoms with E-state index in [1.165, 1.54) is 0 Å². The van der Waals surface area contributed by atoms with Gasteiger partial charge in [-0.25, -0.2) is 13.1 Å². The molecule has 0 bridgehead atoms. The fraction of sp³-hybridized carbons (Fsp3) is 1.00. The van der Waals surface area contributed by atoms with Crippen molar-refractivity contribution in [2.45, 2.75) is 31.7 Å². The van der Waals surface area contributed by atoms with Crippen molar-refractivity contribution < 1.29 is 13.2 Å². The van der Waals surface area contributed by atoms with Gasteiger partial charge in [-0.15, -0.1) is 0 Å². The van der Waals surface area contributed by atoms with Crippen LogP contribution in [0.15, 0.2) is 0 Å². The zero-order chi connectivity index (χ0) is 12.3. The topological polar surface area (TPSA) is 81.4 Å². The summed E-state index contributed by atoms with van der Waals surface area (Å²) in [7, 11) is -3.18. The first-order chi connectivity index (χ1) is 8.11. The van der Waals surface area contributed by atoms with Crippen LogP contribution in [0.25, 0.3) is 0 Å². The maximum absolute atomic E-state index is 12.0. The van der Waals surface area contributed by atoms with Crippen molar-refractivity contribution in [2.24, 2.45) is 17.6 Å². The molecule has 0 aromatic carbocycles. The molecule has 3 unspecified atom stereocenters. The largest absolute Gasteiger partial charge is 0.381 e. The summed E-state index contributed by atoms with van der Waals surface area (Å²) in [5.74, 6) is 0.663. The highest BCUT2D eigenvalue weighted by molar-refractivity contribution is 7.89. The molecule has 1 aliphatic carbocycles. The van der Waals surface area contributed by atoms with E-state index in [0.29, 0.717) is 25.7 Å². The first-order valence-corrected chi connectivity index (χ1v) is 8.04. The molecule has 17 heavy (non-hydrogen) atoms. The number of rotatable bonds is 5. The fourth-order valence-electron chi connectivity index (χ4n) is 2.78. The molecule has 6 heteroatoms. The first-order valence-electron chi connectivity index (χ1n) is 6.38. The molecule has 0 spiro atoms. The van der Waals surface area contributed by atoms with Gasteiger partial charge in [-0.3, -0.25) is 0 Å². The van der Waals surface area contributed by atoms with Gasteiger partial charge in [-0.1, -0.05) is 6.42 Å². The highest BCUT2D eigenvalue weighted by atomic mass is 32.2. The molecule has 0 amide bonds. The fourth-order valence-corrected chi connectivity index (χ4v) is 4.53. The summed E-state index contributed by atoms with van der Waals surface area (Å²) in [5.41, 5.74) is 5.65. The molecular weight excluding hydrogens is 240 g/mol. The molecule has 0 aromatic rings. The van der Waals surface area contributed by atoms with Crippen molar-refractivity contribution in [3.05, 3.63) is 0 Å². The molecule has 1 aliphatic heterocycles. The third kappa shape index (κ3) is 3.64. The Kier molecular flexibility index (Phi) is 4.41. The molecule has 100 valence electrons. The van der Waals surface area contributed by atoms with Gasteiger partial charge in [0.05, 0.1) is 12.4 Å². The highest BCUT2D eigenvalue weighted by Crippen LogP contribution is 2.25. The molecular formula is C11H22N2O3S. The average Bonchev–Trinajstić information content (AvgIpc) is 2.87. The van der Waals surface area contributed by atoms with E-state index in [4.69, 9.17) is 10.5 Å². The van der Waals surface area contributed by atoms with Crippen LogP contribution in [0.2, 0.25) is 0 Å². The summed E-state index contributed by atoms with van der Waals surface area (Å²) < 4.78 is 32.0. The molecule has 5 nitrogen and oxygen atoms in total. The summed E-state index contributed by atoms with van der Waals surface area (Å²) in [6, 6.07) is 0.0484. The molecule has 2 rings (SSSR count). The molecule has 1 saturated heterocycles.